The van der Waals surface area contributed by atoms with E-state index in [9.17, 15) is 4.79 Å². The topological polar surface area (TPSA) is 57.0 Å². The van der Waals surface area contributed by atoms with Gasteiger partial charge in [-0.3, -0.25) is 9.36 Å². The number of aromatic nitrogens is 3. The van der Waals surface area contributed by atoms with Gasteiger partial charge in [0.2, 0.25) is 0 Å². The molecule has 154 valence electrons. The molecule has 0 spiro atoms. The summed E-state index contributed by atoms with van der Waals surface area (Å²) in [6.45, 7) is 3.53. The van der Waals surface area contributed by atoms with Crippen molar-refractivity contribution in [3.05, 3.63) is 36.9 Å². The SMILES string of the molecule is CCc1nc(CSc2nc3sc4c(c3c(=O)n2C[C@H]2CCCO2)CCCC4)cs1. The minimum atomic E-state index is 0.117. The number of thiophene rings is 1. The monoisotopic (exact) mass is 447 g/mol. The molecule has 0 N–H and O–H groups in total. The van der Waals surface area contributed by atoms with E-state index < -0.39 is 0 Å². The Kier molecular flexibility index (Phi) is 5.78. The van der Waals surface area contributed by atoms with Crippen molar-refractivity contribution in [3.8, 4) is 0 Å². The lowest BCUT2D eigenvalue weighted by Gasteiger charge is -2.16. The van der Waals surface area contributed by atoms with E-state index >= 15 is 0 Å². The van der Waals surface area contributed by atoms with E-state index in [0.717, 1.165) is 70.5 Å². The molecule has 2 aliphatic rings. The normalized spacial score (nSPS) is 19.1. The van der Waals surface area contributed by atoms with Crippen LogP contribution in [0.5, 0.6) is 0 Å². The first-order valence-electron chi connectivity index (χ1n) is 10.5. The predicted molar refractivity (Wildman–Crippen MR) is 121 cm³/mol. The Morgan fingerprint density at radius 1 is 1.28 bits per heavy atom. The van der Waals surface area contributed by atoms with Crippen LogP contribution >= 0.6 is 34.4 Å². The molecule has 1 aliphatic carbocycles. The van der Waals surface area contributed by atoms with E-state index in [1.807, 2.05) is 4.57 Å². The highest BCUT2D eigenvalue weighted by Gasteiger charge is 2.25. The van der Waals surface area contributed by atoms with Crippen LogP contribution in [0, 0.1) is 0 Å². The molecule has 29 heavy (non-hydrogen) atoms. The second-order valence-corrected chi connectivity index (χ2v) is 10.7. The summed E-state index contributed by atoms with van der Waals surface area (Å²) in [4.78, 5) is 25.5. The molecule has 0 bridgehead atoms. The van der Waals surface area contributed by atoms with Crippen LogP contribution in [-0.4, -0.2) is 27.2 Å². The number of thiazole rings is 1. The van der Waals surface area contributed by atoms with Gasteiger partial charge in [-0.25, -0.2) is 9.97 Å². The summed E-state index contributed by atoms with van der Waals surface area (Å²) in [5.74, 6) is 0.741. The number of ether oxygens (including phenoxy) is 1. The van der Waals surface area contributed by atoms with Crippen LogP contribution in [0.1, 0.15) is 53.7 Å². The third kappa shape index (κ3) is 3.92. The first-order chi connectivity index (χ1) is 14.2. The highest BCUT2D eigenvalue weighted by atomic mass is 32.2. The second-order valence-electron chi connectivity index (χ2n) is 7.71. The van der Waals surface area contributed by atoms with Crippen molar-refractivity contribution in [2.24, 2.45) is 0 Å². The van der Waals surface area contributed by atoms with Crippen LogP contribution < -0.4 is 5.56 Å². The number of hydrogen-bond donors (Lipinski definition) is 0. The molecule has 5 rings (SSSR count). The van der Waals surface area contributed by atoms with Crippen molar-refractivity contribution in [1.82, 2.24) is 14.5 Å². The lowest BCUT2D eigenvalue weighted by Crippen LogP contribution is -2.29. The van der Waals surface area contributed by atoms with E-state index in [2.05, 4.69) is 17.3 Å². The van der Waals surface area contributed by atoms with Gasteiger partial charge in [0, 0.05) is 22.6 Å². The van der Waals surface area contributed by atoms with E-state index in [4.69, 9.17) is 9.72 Å². The maximum absolute atomic E-state index is 13.6. The Balaban J connectivity index is 1.53. The van der Waals surface area contributed by atoms with Crippen molar-refractivity contribution < 1.29 is 4.74 Å². The van der Waals surface area contributed by atoms with Crippen molar-refractivity contribution in [2.45, 2.75) is 75.4 Å². The minimum absolute atomic E-state index is 0.117. The molecular formula is C21H25N3O2S3. The predicted octanol–water partition coefficient (Wildman–Crippen LogP) is 4.83. The third-order valence-corrected chi connectivity index (χ3v) is 8.94. The fourth-order valence-electron chi connectivity index (χ4n) is 4.20. The van der Waals surface area contributed by atoms with Crippen molar-refractivity contribution >= 4 is 44.7 Å². The lowest BCUT2D eigenvalue weighted by molar-refractivity contribution is 0.0937. The number of thioether (sulfide) groups is 1. The number of rotatable bonds is 6. The molecule has 5 nitrogen and oxygen atoms in total. The molecule has 3 aromatic rings. The average Bonchev–Trinajstić information content (AvgIpc) is 3.48. The zero-order valence-electron chi connectivity index (χ0n) is 16.6. The fraction of sp³-hybridized carbons (Fsp3) is 0.571. The molecule has 8 heteroatoms. The fourth-order valence-corrected chi connectivity index (χ4v) is 7.25. The number of hydrogen-bond acceptors (Lipinski definition) is 7. The Hall–Kier alpha value is -1.22. The van der Waals surface area contributed by atoms with Crippen LogP contribution in [0.2, 0.25) is 0 Å². The summed E-state index contributed by atoms with van der Waals surface area (Å²) in [7, 11) is 0. The van der Waals surface area contributed by atoms with Crippen LogP contribution in [0.25, 0.3) is 10.2 Å². The molecule has 3 aromatic heterocycles. The van der Waals surface area contributed by atoms with Crippen molar-refractivity contribution in [1.29, 1.82) is 0 Å². The van der Waals surface area contributed by atoms with E-state index in [0.29, 0.717) is 6.54 Å². The number of aryl methyl sites for hydroxylation is 3. The molecule has 1 atom stereocenters. The van der Waals surface area contributed by atoms with Crippen LogP contribution in [0.3, 0.4) is 0 Å². The number of fused-ring (bicyclic) bond motifs is 3. The Morgan fingerprint density at radius 2 is 2.17 bits per heavy atom. The molecule has 1 fully saturated rings. The van der Waals surface area contributed by atoms with Gasteiger partial charge in [-0.05, 0) is 50.5 Å². The summed E-state index contributed by atoms with van der Waals surface area (Å²) in [5, 5.41) is 4.96. The molecule has 1 saturated heterocycles. The second kappa shape index (κ2) is 8.49. The smallest absolute Gasteiger partial charge is 0.263 e. The third-order valence-electron chi connectivity index (χ3n) is 5.70. The Bertz CT molecular complexity index is 1080. The highest BCUT2D eigenvalue weighted by molar-refractivity contribution is 7.98. The van der Waals surface area contributed by atoms with Crippen LogP contribution in [0.4, 0.5) is 0 Å². The van der Waals surface area contributed by atoms with Gasteiger partial charge in [0.25, 0.3) is 5.56 Å². The largest absolute Gasteiger partial charge is 0.376 e. The Labute approximate surface area is 182 Å². The Morgan fingerprint density at radius 3 is 2.97 bits per heavy atom. The maximum Gasteiger partial charge on any atom is 0.263 e. The molecule has 0 unspecified atom stereocenters. The van der Waals surface area contributed by atoms with Gasteiger partial charge in [0.1, 0.15) is 4.83 Å². The molecule has 0 amide bonds. The van der Waals surface area contributed by atoms with Gasteiger partial charge in [-0.2, -0.15) is 0 Å². The minimum Gasteiger partial charge on any atom is -0.376 e. The number of nitrogens with zero attached hydrogens (tertiary/aromatic N) is 3. The molecular weight excluding hydrogens is 422 g/mol. The maximum atomic E-state index is 13.6. The standard InChI is InChI=1S/C21H25N3O2S3/c1-2-17-22-13(11-27-17)12-28-21-23-19-18(15-7-3-4-8-16(15)29-19)20(25)24(21)10-14-6-5-9-26-14/h11,14H,2-10,12H2,1H3/t14-/m1/s1. The van der Waals surface area contributed by atoms with Crippen LogP contribution in [0.15, 0.2) is 15.3 Å². The molecule has 4 heterocycles. The van der Waals surface area contributed by atoms with E-state index in [-0.39, 0.29) is 11.7 Å². The summed E-state index contributed by atoms with van der Waals surface area (Å²) in [5.41, 5.74) is 2.46. The highest BCUT2D eigenvalue weighted by Crippen LogP contribution is 2.35. The van der Waals surface area contributed by atoms with Gasteiger partial charge in [0.05, 0.1) is 28.7 Å². The van der Waals surface area contributed by atoms with E-state index in [1.165, 1.54) is 23.3 Å². The summed E-state index contributed by atoms with van der Waals surface area (Å²) >= 11 is 5.06. The molecule has 0 saturated carbocycles. The van der Waals surface area contributed by atoms with Crippen molar-refractivity contribution in [3.63, 3.8) is 0 Å². The zero-order valence-corrected chi connectivity index (χ0v) is 19.1. The van der Waals surface area contributed by atoms with Gasteiger partial charge in [-0.1, -0.05) is 18.7 Å². The van der Waals surface area contributed by atoms with E-state index in [1.54, 1.807) is 34.4 Å². The summed E-state index contributed by atoms with van der Waals surface area (Å²) in [6.07, 6.45) is 7.65. The van der Waals surface area contributed by atoms with Crippen molar-refractivity contribution in [2.75, 3.05) is 6.61 Å². The van der Waals surface area contributed by atoms with Crippen LogP contribution in [-0.2, 0) is 36.3 Å². The molecule has 1 aliphatic heterocycles. The summed E-state index contributed by atoms with van der Waals surface area (Å²) < 4.78 is 7.74. The summed E-state index contributed by atoms with van der Waals surface area (Å²) in [6, 6.07) is 0. The van der Waals surface area contributed by atoms with Gasteiger partial charge in [-0.15, -0.1) is 22.7 Å². The molecule has 0 radical (unpaired) electrons. The first kappa shape index (κ1) is 19.7. The zero-order chi connectivity index (χ0) is 19.8. The first-order valence-corrected chi connectivity index (χ1v) is 13.1. The molecule has 0 aromatic carbocycles. The van der Waals surface area contributed by atoms with Gasteiger partial charge >= 0.3 is 0 Å². The average molecular weight is 448 g/mol. The van der Waals surface area contributed by atoms with Gasteiger partial charge in [0.15, 0.2) is 5.16 Å². The quantitative estimate of drug-likeness (QED) is 0.400. The lowest BCUT2D eigenvalue weighted by atomic mass is 9.97. The van der Waals surface area contributed by atoms with Gasteiger partial charge < -0.3 is 4.74 Å².